The van der Waals surface area contributed by atoms with Crippen molar-refractivity contribution in [3.63, 3.8) is 0 Å². The first kappa shape index (κ1) is 21.6. The molecular formula is C25H25ClN2O2S. The molecule has 1 fully saturated rings. The largest absolute Gasteiger partial charge is 0.351 e. The molecule has 31 heavy (non-hydrogen) atoms. The molecule has 1 atom stereocenters. The van der Waals surface area contributed by atoms with E-state index in [1.807, 2.05) is 66.0 Å². The number of hydrogen-bond donors (Lipinski definition) is 1. The van der Waals surface area contributed by atoms with Gasteiger partial charge in [0.05, 0.1) is 6.42 Å². The minimum atomic E-state index is -0.843. The first-order valence-electron chi connectivity index (χ1n) is 10.6. The second-order valence-electron chi connectivity index (χ2n) is 7.77. The number of thiophene rings is 1. The Morgan fingerprint density at radius 3 is 2.39 bits per heavy atom. The van der Waals surface area contributed by atoms with Crippen molar-refractivity contribution in [3.05, 3.63) is 87.6 Å². The summed E-state index contributed by atoms with van der Waals surface area (Å²) in [5, 5.41) is 5.60. The Morgan fingerprint density at radius 2 is 1.71 bits per heavy atom. The zero-order valence-corrected chi connectivity index (χ0v) is 18.7. The summed E-state index contributed by atoms with van der Waals surface area (Å²) in [6.07, 6.45) is 4.39. The number of nitrogens with zero attached hydrogens (tertiary/aromatic N) is 1. The van der Waals surface area contributed by atoms with Gasteiger partial charge in [-0.05, 0) is 42.5 Å². The second kappa shape index (κ2) is 10.1. The monoisotopic (exact) mass is 452 g/mol. The van der Waals surface area contributed by atoms with Gasteiger partial charge in [-0.1, -0.05) is 66.9 Å². The lowest BCUT2D eigenvalue weighted by Crippen LogP contribution is -2.47. The van der Waals surface area contributed by atoms with Crippen LogP contribution in [0.15, 0.2) is 72.1 Å². The molecule has 1 unspecified atom stereocenters. The van der Waals surface area contributed by atoms with Gasteiger partial charge in [0.2, 0.25) is 11.8 Å². The average molecular weight is 453 g/mol. The maximum atomic E-state index is 13.6. The lowest BCUT2D eigenvalue weighted by atomic mass is 10.0. The van der Waals surface area contributed by atoms with E-state index in [-0.39, 0.29) is 24.3 Å². The number of carbonyl (C=O) groups is 2. The number of nitrogens with one attached hydrogen (secondary N) is 1. The Kier molecular flexibility index (Phi) is 7.05. The molecule has 2 aromatic carbocycles. The van der Waals surface area contributed by atoms with Crippen molar-refractivity contribution in [2.24, 2.45) is 0 Å². The fourth-order valence-corrected chi connectivity index (χ4v) is 5.05. The SMILES string of the molecule is O=C(NC1CCCC1)C(c1ccccc1Cl)N(C(=O)Cc1cccs1)c1ccccc1. The highest BCUT2D eigenvalue weighted by Crippen LogP contribution is 2.33. The van der Waals surface area contributed by atoms with Gasteiger partial charge >= 0.3 is 0 Å². The summed E-state index contributed by atoms with van der Waals surface area (Å²) in [4.78, 5) is 29.8. The maximum Gasteiger partial charge on any atom is 0.248 e. The number of amides is 2. The summed E-state index contributed by atoms with van der Waals surface area (Å²) in [5.74, 6) is -0.330. The first-order valence-corrected chi connectivity index (χ1v) is 11.8. The molecule has 0 saturated heterocycles. The van der Waals surface area contributed by atoms with E-state index in [2.05, 4.69) is 5.32 Å². The Morgan fingerprint density at radius 1 is 1.00 bits per heavy atom. The molecular weight excluding hydrogens is 428 g/mol. The number of halogens is 1. The summed E-state index contributed by atoms with van der Waals surface area (Å²) in [5.41, 5.74) is 1.30. The van der Waals surface area contributed by atoms with E-state index in [0.717, 1.165) is 30.6 Å². The molecule has 0 radical (unpaired) electrons. The van der Waals surface area contributed by atoms with Crippen molar-refractivity contribution in [1.29, 1.82) is 0 Å². The summed E-state index contributed by atoms with van der Waals surface area (Å²) >= 11 is 8.08. The van der Waals surface area contributed by atoms with Crippen molar-refractivity contribution in [2.75, 3.05) is 4.90 Å². The maximum absolute atomic E-state index is 13.6. The second-order valence-corrected chi connectivity index (χ2v) is 9.21. The number of para-hydroxylation sites is 1. The van der Waals surface area contributed by atoms with E-state index >= 15 is 0 Å². The summed E-state index contributed by atoms with van der Waals surface area (Å²) in [6, 6.07) is 19.8. The third-order valence-electron chi connectivity index (χ3n) is 5.62. The molecule has 1 N–H and O–H groups in total. The zero-order valence-electron chi connectivity index (χ0n) is 17.2. The Balaban J connectivity index is 1.75. The van der Waals surface area contributed by atoms with Crippen molar-refractivity contribution >= 4 is 40.4 Å². The topological polar surface area (TPSA) is 49.4 Å². The van der Waals surface area contributed by atoms with Gasteiger partial charge in [0, 0.05) is 27.2 Å². The minimum absolute atomic E-state index is 0.139. The number of hydrogen-bond acceptors (Lipinski definition) is 3. The molecule has 0 aliphatic heterocycles. The van der Waals surface area contributed by atoms with Crippen LogP contribution in [0.25, 0.3) is 0 Å². The van der Waals surface area contributed by atoms with Gasteiger partial charge in [0.15, 0.2) is 0 Å². The average Bonchev–Trinajstić information content (AvgIpc) is 3.47. The molecule has 4 nitrogen and oxygen atoms in total. The molecule has 6 heteroatoms. The van der Waals surface area contributed by atoms with E-state index in [4.69, 9.17) is 11.6 Å². The summed E-state index contributed by atoms with van der Waals surface area (Å²) in [7, 11) is 0. The van der Waals surface area contributed by atoms with Crippen LogP contribution in [-0.2, 0) is 16.0 Å². The first-order chi connectivity index (χ1) is 15.1. The molecule has 1 aliphatic carbocycles. The molecule has 1 saturated carbocycles. The molecule has 1 aromatic heterocycles. The van der Waals surface area contributed by atoms with Crippen molar-refractivity contribution in [2.45, 2.75) is 44.2 Å². The predicted octanol–water partition coefficient (Wildman–Crippen LogP) is 5.78. The van der Waals surface area contributed by atoms with E-state index in [1.165, 1.54) is 11.3 Å². The molecule has 0 bridgehead atoms. The van der Waals surface area contributed by atoms with Crippen LogP contribution in [0, 0.1) is 0 Å². The lowest BCUT2D eigenvalue weighted by molar-refractivity contribution is -0.127. The van der Waals surface area contributed by atoms with Gasteiger partial charge in [-0.2, -0.15) is 0 Å². The molecule has 1 aliphatic rings. The fraction of sp³-hybridized carbons (Fsp3) is 0.280. The van der Waals surface area contributed by atoms with E-state index in [0.29, 0.717) is 16.3 Å². The van der Waals surface area contributed by atoms with Crippen molar-refractivity contribution in [1.82, 2.24) is 5.32 Å². The Hall–Kier alpha value is -2.63. The van der Waals surface area contributed by atoms with Gasteiger partial charge in [-0.3, -0.25) is 14.5 Å². The third-order valence-corrected chi connectivity index (χ3v) is 6.84. The van der Waals surface area contributed by atoms with Crippen molar-refractivity contribution in [3.8, 4) is 0 Å². The van der Waals surface area contributed by atoms with Crippen LogP contribution in [0.1, 0.15) is 42.2 Å². The lowest BCUT2D eigenvalue weighted by Gasteiger charge is -2.32. The molecule has 160 valence electrons. The van der Waals surface area contributed by atoms with Crippen LogP contribution in [0.4, 0.5) is 5.69 Å². The van der Waals surface area contributed by atoms with Crippen LogP contribution < -0.4 is 10.2 Å². The van der Waals surface area contributed by atoms with Gasteiger partial charge < -0.3 is 5.32 Å². The van der Waals surface area contributed by atoms with Crippen LogP contribution in [0.3, 0.4) is 0 Å². The number of carbonyl (C=O) groups excluding carboxylic acids is 2. The smallest absolute Gasteiger partial charge is 0.248 e. The van der Waals surface area contributed by atoms with E-state index in [9.17, 15) is 9.59 Å². The number of anilines is 1. The third kappa shape index (κ3) is 5.17. The molecule has 0 spiro atoms. The van der Waals surface area contributed by atoms with Gasteiger partial charge in [0.1, 0.15) is 6.04 Å². The fourth-order valence-electron chi connectivity index (χ4n) is 4.12. The minimum Gasteiger partial charge on any atom is -0.351 e. The molecule has 4 rings (SSSR count). The highest BCUT2D eigenvalue weighted by Gasteiger charge is 2.35. The highest BCUT2D eigenvalue weighted by molar-refractivity contribution is 7.10. The highest BCUT2D eigenvalue weighted by atomic mass is 35.5. The summed E-state index contributed by atoms with van der Waals surface area (Å²) < 4.78 is 0. The normalized spacial score (nSPS) is 14.9. The zero-order chi connectivity index (χ0) is 21.6. The molecule has 3 aromatic rings. The summed E-state index contributed by atoms with van der Waals surface area (Å²) in [6.45, 7) is 0. The predicted molar refractivity (Wildman–Crippen MR) is 127 cm³/mol. The van der Waals surface area contributed by atoms with Crippen LogP contribution in [0.2, 0.25) is 5.02 Å². The standard InChI is InChI=1S/C25H25ClN2O2S/c26-22-15-7-6-14-21(22)24(25(30)27-18-9-4-5-10-18)28(19-11-2-1-3-12-19)23(29)17-20-13-8-16-31-20/h1-3,6-8,11-16,18,24H,4-5,9-10,17H2,(H,27,30). The van der Waals surface area contributed by atoms with Crippen LogP contribution in [0.5, 0.6) is 0 Å². The van der Waals surface area contributed by atoms with Gasteiger partial charge in [-0.15, -0.1) is 11.3 Å². The van der Waals surface area contributed by atoms with Gasteiger partial charge in [0.25, 0.3) is 0 Å². The Bertz CT molecular complexity index is 1020. The Labute approximate surface area is 191 Å². The molecule has 1 heterocycles. The van der Waals surface area contributed by atoms with E-state index in [1.54, 1.807) is 11.0 Å². The van der Waals surface area contributed by atoms with Crippen LogP contribution in [-0.4, -0.2) is 17.9 Å². The molecule has 2 amide bonds. The van der Waals surface area contributed by atoms with Crippen LogP contribution >= 0.6 is 22.9 Å². The van der Waals surface area contributed by atoms with Gasteiger partial charge in [-0.25, -0.2) is 0 Å². The number of rotatable bonds is 7. The quantitative estimate of drug-likeness (QED) is 0.494. The van der Waals surface area contributed by atoms with E-state index < -0.39 is 6.04 Å². The number of benzene rings is 2. The van der Waals surface area contributed by atoms with Crippen molar-refractivity contribution < 1.29 is 9.59 Å².